The predicted molar refractivity (Wildman–Crippen MR) is 91.4 cm³/mol. The summed E-state index contributed by atoms with van der Waals surface area (Å²) in [5.74, 6) is 0. The van der Waals surface area contributed by atoms with Gasteiger partial charge in [-0.3, -0.25) is 0 Å². The molecule has 4 aromatic carbocycles. The van der Waals surface area contributed by atoms with E-state index in [2.05, 4.69) is 42.5 Å². The first-order chi connectivity index (χ1) is 10.6. The van der Waals surface area contributed by atoms with Gasteiger partial charge in [-0.15, -0.1) is 0 Å². The lowest BCUT2D eigenvalue weighted by Crippen LogP contribution is -2.04. The Morgan fingerprint density at radius 3 is 2.00 bits per heavy atom. The van der Waals surface area contributed by atoms with E-state index in [9.17, 15) is 10.2 Å². The highest BCUT2D eigenvalue weighted by atomic mass is 16.3. The Bertz CT molecular complexity index is 967. The van der Waals surface area contributed by atoms with Crippen LogP contribution in [0.1, 0.15) is 37.2 Å². The molecule has 2 N–H and O–H groups in total. The number of hydrogen-bond donors (Lipinski definition) is 2. The molecule has 0 saturated carbocycles. The number of benzene rings is 4. The fourth-order valence-corrected chi connectivity index (χ4v) is 3.67. The first-order valence-corrected chi connectivity index (χ1v) is 7.64. The van der Waals surface area contributed by atoms with E-state index in [1.54, 1.807) is 13.8 Å². The molecule has 22 heavy (non-hydrogen) atoms. The van der Waals surface area contributed by atoms with Crippen LogP contribution < -0.4 is 0 Å². The summed E-state index contributed by atoms with van der Waals surface area (Å²) in [4.78, 5) is 0. The van der Waals surface area contributed by atoms with Crippen LogP contribution in [0.3, 0.4) is 0 Å². The average Bonchev–Trinajstić information content (AvgIpc) is 2.51. The van der Waals surface area contributed by atoms with E-state index in [0.29, 0.717) is 0 Å². The van der Waals surface area contributed by atoms with Crippen LogP contribution in [-0.2, 0) is 0 Å². The Hall–Kier alpha value is -2.16. The predicted octanol–water partition coefficient (Wildman–Crippen LogP) is 4.69. The van der Waals surface area contributed by atoms with Crippen molar-refractivity contribution in [2.24, 2.45) is 0 Å². The van der Waals surface area contributed by atoms with Gasteiger partial charge in [0, 0.05) is 0 Å². The highest BCUT2D eigenvalue weighted by Gasteiger charge is 2.19. The second-order valence-corrected chi connectivity index (χ2v) is 6.09. The van der Waals surface area contributed by atoms with Crippen LogP contribution in [0.5, 0.6) is 0 Å². The fourth-order valence-electron chi connectivity index (χ4n) is 3.67. The van der Waals surface area contributed by atoms with E-state index in [4.69, 9.17) is 0 Å². The van der Waals surface area contributed by atoms with E-state index in [1.165, 1.54) is 21.5 Å². The van der Waals surface area contributed by atoms with Crippen molar-refractivity contribution in [1.29, 1.82) is 0 Å². The molecule has 4 rings (SSSR count). The van der Waals surface area contributed by atoms with E-state index >= 15 is 0 Å². The van der Waals surface area contributed by atoms with Gasteiger partial charge in [-0.1, -0.05) is 42.5 Å². The topological polar surface area (TPSA) is 40.5 Å². The van der Waals surface area contributed by atoms with Crippen LogP contribution in [0.4, 0.5) is 0 Å². The van der Waals surface area contributed by atoms with Crippen LogP contribution in [0.25, 0.3) is 32.3 Å². The van der Waals surface area contributed by atoms with Crippen LogP contribution >= 0.6 is 0 Å². The number of rotatable bonds is 2. The van der Waals surface area contributed by atoms with Gasteiger partial charge in [-0.05, 0) is 63.4 Å². The van der Waals surface area contributed by atoms with Crippen molar-refractivity contribution in [1.82, 2.24) is 0 Å². The summed E-state index contributed by atoms with van der Waals surface area (Å²) in [6, 6.07) is 16.7. The molecule has 0 spiro atoms. The fraction of sp³-hybridized carbons (Fsp3) is 0.200. The summed E-state index contributed by atoms with van der Waals surface area (Å²) < 4.78 is 0. The Morgan fingerprint density at radius 2 is 1.36 bits per heavy atom. The van der Waals surface area contributed by atoms with Crippen LogP contribution in [-0.4, -0.2) is 10.2 Å². The van der Waals surface area contributed by atoms with Gasteiger partial charge in [0.15, 0.2) is 0 Å². The van der Waals surface area contributed by atoms with Crippen LogP contribution in [0.15, 0.2) is 48.5 Å². The second-order valence-electron chi connectivity index (χ2n) is 6.09. The first-order valence-electron chi connectivity index (χ1n) is 7.64. The van der Waals surface area contributed by atoms with Gasteiger partial charge in [0.2, 0.25) is 0 Å². The Morgan fingerprint density at radius 1 is 0.727 bits per heavy atom. The van der Waals surface area contributed by atoms with Crippen molar-refractivity contribution in [2.75, 3.05) is 0 Å². The lowest BCUT2D eigenvalue weighted by molar-refractivity contribution is 0.176. The minimum atomic E-state index is -0.617. The molecule has 2 atom stereocenters. The first kappa shape index (κ1) is 13.5. The summed E-state index contributed by atoms with van der Waals surface area (Å²) in [5.41, 5.74) is 1.64. The maximum absolute atomic E-state index is 10.3. The molecule has 0 amide bonds. The van der Waals surface area contributed by atoms with Gasteiger partial charge in [-0.25, -0.2) is 0 Å². The molecule has 0 fully saturated rings. The Kier molecular flexibility index (Phi) is 2.86. The summed E-state index contributed by atoms with van der Waals surface area (Å²) in [6.45, 7) is 3.51. The zero-order chi connectivity index (χ0) is 15.4. The van der Waals surface area contributed by atoms with E-state index < -0.39 is 12.2 Å². The molecule has 2 heteroatoms. The van der Waals surface area contributed by atoms with Gasteiger partial charge in [0.05, 0.1) is 12.2 Å². The zero-order valence-electron chi connectivity index (χ0n) is 12.7. The molecule has 4 aromatic rings. The molecule has 110 valence electrons. The van der Waals surface area contributed by atoms with E-state index in [-0.39, 0.29) is 0 Å². The smallest absolute Gasteiger partial charge is 0.0771 e. The number of hydrogen-bond acceptors (Lipinski definition) is 2. The highest BCUT2D eigenvalue weighted by Crippen LogP contribution is 2.40. The van der Waals surface area contributed by atoms with Crippen molar-refractivity contribution in [2.45, 2.75) is 26.1 Å². The standard InChI is InChI=1S/C20H18O2/c1-11(21)17-10-15-7-6-13-4-3-5-14-8-9-16(18(17)12(2)22)20(15)19(13)14/h3-12,21-22H,1-2H3. The number of aliphatic hydroxyl groups excluding tert-OH is 2. The van der Waals surface area contributed by atoms with Crippen molar-refractivity contribution >= 4 is 32.3 Å². The zero-order valence-corrected chi connectivity index (χ0v) is 12.7. The molecule has 0 aromatic heterocycles. The molecule has 0 bridgehead atoms. The summed E-state index contributed by atoms with van der Waals surface area (Å²) in [5, 5.41) is 27.4. The average molecular weight is 290 g/mol. The van der Waals surface area contributed by atoms with Crippen molar-refractivity contribution in [3.8, 4) is 0 Å². The van der Waals surface area contributed by atoms with E-state index in [1.807, 2.05) is 6.07 Å². The molecule has 2 nitrogen and oxygen atoms in total. The third kappa shape index (κ3) is 1.75. The number of aliphatic hydroxyl groups is 2. The van der Waals surface area contributed by atoms with Gasteiger partial charge in [-0.2, -0.15) is 0 Å². The third-order valence-electron chi connectivity index (χ3n) is 4.59. The second kappa shape index (κ2) is 4.67. The molecular formula is C20H18O2. The van der Waals surface area contributed by atoms with Gasteiger partial charge in [0.1, 0.15) is 0 Å². The molecular weight excluding hydrogens is 272 g/mol. The SMILES string of the molecule is CC(O)c1cc2ccc3cccc4ccc(c1C(C)O)c2c34. The van der Waals surface area contributed by atoms with Crippen molar-refractivity contribution in [3.05, 3.63) is 59.7 Å². The van der Waals surface area contributed by atoms with E-state index in [0.717, 1.165) is 21.9 Å². The normalized spacial score (nSPS) is 14.9. The minimum absolute atomic E-state index is 0.605. The maximum Gasteiger partial charge on any atom is 0.0771 e. The molecule has 0 saturated heterocycles. The maximum atomic E-state index is 10.3. The van der Waals surface area contributed by atoms with Gasteiger partial charge < -0.3 is 10.2 Å². The van der Waals surface area contributed by atoms with Gasteiger partial charge in [0.25, 0.3) is 0 Å². The van der Waals surface area contributed by atoms with Crippen LogP contribution in [0.2, 0.25) is 0 Å². The molecule has 0 heterocycles. The van der Waals surface area contributed by atoms with Crippen LogP contribution in [0, 0.1) is 0 Å². The minimum Gasteiger partial charge on any atom is -0.389 e. The Labute approximate surface area is 129 Å². The summed E-state index contributed by atoms with van der Waals surface area (Å²) in [7, 11) is 0. The lowest BCUT2D eigenvalue weighted by atomic mass is 9.86. The molecule has 0 aliphatic rings. The summed E-state index contributed by atoms with van der Waals surface area (Å²) >= 11 is 0. The Balaban J connectivity index is 2.30. The van der Waals surface area contributed by atoms with Gasteiger partial charge >= 0.3 is 0 Å². The largest absolute Gasteiger partial charge is 0.389 e. The van der Waals surface area contributed by atoms with Crippen molar-refractivity contribution in [3.63, 3.8) is 0 Å². The van der Waals surface area contributed by atoms with Crippen molar-refractivity contribution < 1.29 is 10.2 Å². The molecule has 0 aliphatic carbocycles. The monoisotopic (exact) mass is 290 g/mol. The third-order valence-corrected chi connectivity index (χ3v) is 4.59. The quantitative estimate of drug-likeness (QED) is 0.526. The summed E-state index contributed by atoms with van der Waals surface area (Å²) in [6.07, 6.45) is -1.22. The molecule has 0 aliphatic heterocycles. The molecule has 0 radical (unpaired) electrons. The molecule has 2 unspecified atom stereocenters. The lowest BCUT2D eigenvalue weighted by Gasteiger charge is -2.20. The highest BCUT2D eigenvalue weighted by molar-refractivity contribution is 6.23.